The second kappa shape index (κ2) is 70.8. The van der Waals surface area contributed by atoms with Gasteiger partial charge >= 0.3 is 24.3 Å². The van der Waals surface area contributed by atoms with Gasteiger partial charge in [-0.3, -0.25) is 60.2 Å². The van der Waals surface area contributed by atoms with Gasteiger partial charge in [-0.1, -0.05) is 186 Å². The van der Waals surface area contributed by atoms with Gasteiger partial charge in [0.15, 0.2) is 0 Å². The maximum atomic E-state index is 11.7. The number of unbranched alkanes of at least 4 members (excludes halogenated alkanes) is 4. The third-order valence-electron chi connectivity index (χ3n) is 26.8. The molecule has 2 radical (unpaired) electrons. The summed E-state index contributed by atoms with van der Waals surface area (Å²) in [6.07, 6.45) is 27.7. The quantitative estimate of drug-likeness (QED) is 0.00693. The Morgan fingerprint density at radius 2 is 0.497 bits per heavy atom. The molecule has 43 heteroatoms. The van der Waals surface area contributed by atoms with Crippen molar-refractivity contribution in [1.82, 2.24) is 19.6 Å². The van der Waals surface area contributed by atoms with Crippen molar-refractivity contribution in [2.75, 3.05) is 159 Å². The predicted molar refractivity (Wildman–Crippen MR) is 567 cm³/mol. The number of quaternary nitrogens is 4. The average molecular weight is 2260 g/mol. The van der Waals surface area contributed by atoms with E-state index in [9.17, 15) is 20.4 Å². The molecular weight excluding hydrogens is 2080 g/mol. The van der Waals surface area contributed by atoms with Crippen molar-refractivity contribution >= 4 is 49.1 Å². The number of carboxylic acids is 3. The van der Waals surface area contributed by atoms with Crippen LogP contribution < -0.4 is 0 Å². The van der Waals surface area contributed by atoms with Crippen molar-refractivity contribution in [3.8, 4) is 23.0 Å². The SMILES string of the molecule is CC(=O)O.CC(=O)O.CC(=O)O.CCCC[N+]1(C)CCN(Cc2cc(C(C)(C)C)cc(C=NC3CCCC[C@H]3N=Cc3cc(C(C)(C)C)cc(CN4CC[N+](C)(CCCC)CC4)c3O)c2O)CC1.CCCC[N+]1(C)CCN(Cc2cc(C(C)(C)C)cc(C=NC3CCCC[C@H]3N=Cc3cc(C(C)(C)C)cc(CN4CC[N+](C)(CCCC)CC4)c3O)c2O)CC1.C[C-]=O.O=[N+]([O-])[O-].O=[N+]([O-])[O-].O=[N+]([O-])[O-].O=[N+]([O-])[O-].[Co].[Co].[O]=[Ag]. The van der Waals surface area contributed by atoms with Crippen molar-refractivity contribution in [1.29, 1.82) is 0 Å². The van der Waals surface area contributed by atoms with Crippen LogP contribution in [-0.4, -0.2) is 326 Å². The van der Waals surface area contributed by atoms with Crippen LogP contribution in [0.5, 0.6) is 23.0 Å². The molecule has 4 aliphatic heterocycles. The Morgan fingerprint density at radius 3 is 0.619 bits per heavy atom. The summed E-state index contributed by atoms with van der Waals surface area (Å²) in [4.78, 5) is 99.5. The average Bonchev–Trinajstić information content (AvgIpc) is 0.805. The van der Waals surface area contributed by atoms with Gasteiger partial charge in [0, 0.05) is 202 Å². The predicted octanol–water partition coefficient (Wildman–Crippen LogP) is 16.6. The van der Waals surface area contributed by atoms with E-state index in [1.165, 1.54) is 113 Å². The topological polar surface area (TPSA) is 554 Å². The molecule has 4 saturated heterocycles. The Morgan fingerprint density at radius 1 is 0.361 bits per heavy atom. The molecule has 2 saturated carbocycles. The summed E-state index contributed by atoms with van der Waals surface area (Å²) in [6, 6.07) is 17.6. The number of likely N-dealkylation sites (N-methyl/N-ethyl adjacent to an activating group) is 4. The van der Waals surface area contributed by atoms with E-state index in [-0.39, 0.29) is 79.4 Å². The third-order valence-corrected chi connectivity index (χ3v) is 26.8. The first kappa shape index (κ1) is 142. The number of aliphatic carboxylic acids is 3. The third kappa shape index (κ3) is 59.3. The van der Waals surface area contributed by atoms with Gasteiger partial charge in [-0.25, -0.2) is 0 Å². The number of hydrogen-bond acceptors (Lipinski definition) is 29. The molecule has 4 atom stereocenters. The number of aromatic hydroxyl groups is 4. The number of nitrogens with zero attached hydrogens (tertiary/aromatic N) is 16. The standard InChI is InChI=1S/2C48H78N6O2.3C2H4O2.C2H3O.Ag.2Co.4NO3.O/c2*1-11-13-23-53(9)25-19-51(20-26-53)35-39-31-41(47(3,4)5)29-37(45(39)55)33-49-43-17-15-16-18-44(43)50-34-38-30-42(48(6,7)8)32-40(46(38)56)36-52-21-27-54(10,28-22-52)24-14-12-2;3*1-2(3)4;1-2-3;;;;4*2-1(3)4;/h2*29-34,43-44H,11-28,35-36H2,1-10H3;3*1H3,(H,3,4);1H3;;;;;;;;/q;;;;;-1;;;;4*-1;/p+4/t2*43-,44?;;;;;;;;;;;;/m11............/s1. The van der Waals surface area contributed by atoms with E-state index in [0.717, 1.165) is 265 Å². The number of phenolic OH excluding ortho intramolecular Hbond substituents is 4. The molecule has 147 heavy (non-hydrogen) atoms. The number of phenols is 4. The summed E-state index contributed by atoms with van der Waals surface area (Å²) in [5, 5.41) is 128. The molecule has 4 aromatic carbocycles. The molecule has 6 fully saturated rings. The first-order chi connectivity index (χ1) is 67.4. The van der Waals surface area contributed by atoms with Crippen molar-refractivity contribution < 1.29 is 151 Å². The van der Waals surface area contributed by atoms with Gasteiger partial charge in [0.1, 0.15) is 23.0 Å². The molecule has 7 N–H and O–H groups in total. The number of benzene rings is 4. The van der Waals surface area contributed by atoms with E-state index in [0.29, 0.717) is 23.0 Å². The Kier molecular flexibility index (Phi) is 68.4. The number of rotatable bonds is 28. The molecule has 0 aromatic heterocycles. The van der Waals surface area contributed by atoms with Crippen LogP contribution in [0.2, 0.25) is 0 Å². The summed E-state index contributed by atoms with van der Waals surface area (Å²) >= 11 is 1.70. The number of aliphatic imine (C=N–C) groups is 4. The molecule has 10 rings (SSSR count). The number of hydrogen-bond donors (Lipinski definition) is 7. The summed E-state index contributed by atoms with van der Waals surface area (Å²) in [6.45, 7) is 66.4. The van der Waals surface area contributed by atoms with Gasteiger partial charge in [0.2, 0.25) is 0 Å². The molecular formula is C104H175AgCo2N16O24-. The molecule has 2 unspecified atom stereocenters. The Labute approximate surface area is 905 Å². The van der Waals surface area contributed by atoms with E-state index in [1.54, 1.807) is 21.0 Å². The molecule has 2 aliphatic carbocycles. The van der Waals surface area contributed by atoms with Gasteiger partial charge in [0.25, 0.3) is 17.9 Å². The number of carbonyl (C=O) groups is 3. The van der Waals surface area contributed by atoms with Crippen LogP contribution in [0, 0.1) is 61.3 Å². The van der Waals surface area contributed by atoms with Gasteiger partial charge in [0.05, 0.1) is 151 Å². The van der Waals surface area contributed by atoms with Crippen LogP contribution in [-0.2, 0) is 125 Å². The molecule has 4 heterocycles. The monoisotopic (exact) mass is 2260 g/mol. The van der Waals surface area contributed by atoms with Gasteiger partial charge in [-0.05, 0) is 120 Å². The Balaban J connectivity index is -0.00000214. The fourth-order valence-corrected chi connectivity index (χ4v) is 17.7. The van der Waals surface area contributed by atoms with Crippen LogP contribution in [0.3, 0.4) is 0 Å². The van der Waals surface area contributed by atoms with Crippen molar-refractivity contribution in [3.05, 3.63) is 177 Å². The van der Waals surface area contributed by atoms with Crippen LogP contribution in [0.25, 0.3) is 0 Å². The van der Waals surface area contributed by atoms with E-state index in [1.807, 2.05) is 24.9 Å². The second-order valence-corrected chi connectivity index (χ2v) is 43.6. The van der Waals surface area contributed by atoms with Crippen molar-refractivity contribution in [3.63, 3.8) is 0 Å². The van der Waals surface area contributed by atoms with Crippen LogP contribution >= 0.6 is 0 Å². The van der Waals surface area contributed by atoms with Crippen LogP contribution in [0.4, 0.5) is 0 Å². The minimum atomic E-state index is -1.75. The molecule has 40 nitrogen and oxygen atoms in total. The first-order valence-corrected chi connectivity index (χ1v) is 51.1. The molecule has 0 spiro atoms. The zero-order chi connectivity index (χ0) is 111. The van der Waals surface area contributed by atoms with Crippen LogP contribution in [0.15, 0.2) is 68.5 Å². The fraction of sp³-hybridized carbons (Fsp3) is 0.692. The Hall–Kier alpha value is -9.13. The van der Waals surface area contributed by atoms with E-state index >= 15 is 0 Å². The molecule has 4 aromatic rings. The molecule has 0 amide bonds. The van der Waals surface area contributed by atoms with Gasteiger partial charge in [-0.15, -0.1) is 0 Å². The number of piperazine rings is 4. The second-order valence-electron chi connectivity index (χ2n) is 43.6. The number of carboxylic acid groups (broad SMARTS) is 3. The molecule has 0 bridgehead atoms. The summed E-state index contributed by atoms with van der Waals surface area (Å²) in [7, 11) is 9.63. The summed E-state index contributed by atoms with van der Waals surface area (Å²) in [5.74, 6) is -1.05. The van der Waals surface area contributed by atoms with E-state index in [4.69, 9.17) is 119 Å². The van der Waals surface area contributed by atoms with E-state index < -0.39 is 38.3 Å². The Bertz CT molecular complexity index is 4080. The first-order valence-electron chi connectivity index (χ1n) is 50.5. The van der Waals surface area contributed by atoms with Gasteiger partial charge < -0.3 is 120 Å². The fourth-order valence-electron chi connectivity index (χ4n) is 17.7. The van der Waals surface area contributed by atoms with E-state index in [2.05, 4.69) is 207 Å². The van der Waals surface area contributed by atoms with Gasteiger partial charge in [-0.2, -0.15) is 6.92 Å². The van der Waals surface area contributed by atoms with Crippen molar-refractivity contribution in [2.45, 2.75) is 313 Å². The van der Waals surface area contributed by atoms with Crippen molar-refractivity contribution in [2.24, 2.45) is 20.0 Å². The summed E-state index contributed by atoms with van der Waals surface area (Å²) < 4.78 is 12.7. The normalized spacial score (nSPS) is 18.6. The minimum absolute atomic E-state index is 0. The van der Waals surface area contributed by atoms with Crippen LogP contribution in [0.1, 0.15) is 308 Å². The number of carbonyl (C=O) groups excluding carboxylic acids is 1. The summed E-state index contributed by atoms with van der Waals surface area (Å²) in [5.41, 5.74) is 11.9. The zero-order valence-corrected chi connectivity index (χ0v) is 95.3. The zero-order valence-electron chi connectivity index (χ0n) is 91.7. The maximum absolute atomic E-state index is 11.7. The molecule has 845 valence electrons. The molecule has 6 aliphatic rings.